The fourth-order valence-electron chi connectivity index (χ4n) is 0.917. The van der Waals surface area contributed by atoms with E-state index < -0.39 is 31.4 Å². The Labute approximate surface area is 98.5 Å². The van der Waals surface area contributed by atoms with E-state index in [0.29, 0.717) is 0 Å². The molecule has 0 spiro atoms. The van der Waals surface area contributed by atoms with Crippen LogP contribution in [0.4, 0.5) is 0 Å². The average Bonchev–Trinajstić information content (AvgIpc) is 2.16. The largest absolute Gasteiger partial charge is 0.382 e. The molecule has 0 saturated heterocycles. The van der Waals surface area contributed by atoms with Crippen LogP contribution in [0.25, 0.3) is 0 Å². The second-order valence-corrected chi connectivity index (χ2v) is 6.28. The summed E-state index contributed by atoms with van der Waals surface area (Å²) < 4.78 is 56.4. The summed E-state index contributed by atoms with van der Waals surface area (Å²) in [6.45, 7) is 0. The first-order valence-electron chi connectivity index (χ1n) is 4.32. The maximum absolute atomic E-state index is 11.3. The molecule has 0 saturated carbocycles. The van der Waals surface area contributed by atoms with E-state index in [1.165, 1.54) is 24.3 Å². The number of hydrogen-bond acceptors (Lipinski definition) is 6. The van der Waals surface area contributed by atoms with Gasteiger partial charge in [0, 0.05) is 0 Å². The van der Waals surface area contributed by atoms with Crippen molar-refractivity contribution in [2.24, 2.45) is 0 Å². The number of benzene rings is 1. The molecule has 2 N–H and O–H groups in total. The summed E-state index contributed by atoms with van der Waals surface area (Å²) in [4.78, 5) is 0. The summed E-state index contributed by atoms with van der Waals surface area (Å²) in [5.74, 6) is -1.27. The van der Waals surface area contributed by atoms with E-state index in [1.54, 1.807) is 6.07 Å². The third-order valence-corrected chi connectivity index (χ3v) is 3.89. The first-order chi connectivity index (χ1) is 7.71. The summed E-state index contributed by atoms with van der Waals surface area (Å²) in [7, 11) is -9.14. The molecule has 0 aliphatic heterocycles. The van der Waals surface area contributed by atoms with Crippen molar-refractivity contribution in [1.82, 2.24) is 0 Å². The molecule has 0 fully saturated rings. The van der Waals surface area contributed by atoms with Crippen molar-refractivity contribution in [1.29, 1.82) is 0 Å². The van der Waals surface area contributed by atoms with Crippen molar-refractivity contribution in [3.8, 4) is 5.75 Å². The lowest BCUT2D eigenvalue weighted by Crippen LogP contribution is -2.31. The van der Waals surface area contributed by atoms with E-state index in [-0.39, 0.29) is 5.75 Å². The Morgan fingerprint density at radius 1 is 1.12 bits per heavy atom. The van der Waals surface area contributed by atoms with Gasteiger partial charge in [0.15, 0.2) is 5.44 Å². The molecule has 9 heteroatoms. The van der Waals surface area contributed by atoms with Gasteiger partial charge in [0.25, 0.3) is 10.1 Å². The van der Waals surface area contributed by atoms with Crippen molar-refractivity contribution < 1.29 is 30.7 Å². The SMILES string of the molecule is O=S(=O)(CC(O)S(=O)(=O)O)Oc1ccccc1. The smallest absolute Gasteiger partial charge is 0.312 e. The van der Waals surface area contributed by atoms with Crippen LogP contribution < -0.4 is 4.18 Å². The minimum Gasteiger partial charge on any atom is -0.382 e. The van der Waals surface area contributed by atoms with Gasteiger partial charge >= 0.3 is 10.1 Å². The van der Waals surface area contributed by atoms with Gasteiger partial charge in [0.1, 0.15) is 11.5 Å². The number of para-hydroxylation sites is 1. The molecular formula is C8H10O7S2. The van der Waals surface area contributed by atoms with Crippen molar-refractivity contribution in [2.45, 2.75) is 5.44 Å². The molecule has 17 heavy (non-hydrogen) atoms. The Balaban J connectivity index is 2.78. The van der Waals surface area contributed by atoms with E-state index in [0.717, 1.165) is 0 Å². The number of aliphatic hydroxyl groups is 1. The van der Waals surface area contributed by atoms with E-state index in [4.69, 9.17) is 9.66 Å². The van der Waals surface area contributed by atoms with Gasteiger partial charge < -0.3 is 9.29 Å². The average molecular weight is 282 g/mol. The molecule has 0 radical (unpaired) electrons. The van der Waals surface area contributed by atoms with Gasteiger partial charge in [-0.15, -0.1) is 0 Å². The second-order valence-electron chi connectivity index (χ2n) is 3.09. The normalized spacial score (nSPS) is 14.2. The second kappa shape index (κ2) is 5.00. The molecule has 0 aromatic heterocycles. The zero-order chi connectivity index (χ0) is 13.1. The highest BCUT2D eigenvalue weighted by Gasteiger charge is 2.28. The Morgan fingerprint density at radius 2 is 1.65 bits per heavy atom. The zero-order valence-electron chi connectivity index (χ0n) is 8.42. The van der Waals surface area contributed by atoms with Crippen LogP contribution in [0.2, 0.25) is 0 Å². The molecule has 1 rings (SSSR count). The third kappa shape index (κ3) is 4.69. The quantitative estimate of drug-likeness (QED) is 0.557. The predicted molar refractivity (Wildman–Crippen MR) is 58.4 cm³/mol. The lowest BCUT2D eigenvalue weighted by atomic mass is 10.3. The Hall–Kier alpha value is -1.16. The first kappa shape index (κ1) is 13.9. The summed E-state index contributed by atoms with van der Waals surface area (Å²) in [6, 6.07) is 7.36. The van der Waals surface area contributed by atoms with Crippen LogP contribution in [0.3, 0.4) is 0 Å². The van der Waals surface area contributed by atoms with Crippen LogP contribution in [-0.4, -0.2) is 37.7 Å². The molecule has 7 nitrogen and oxygen atoms in total. The molecule has 96 valence electrons. The van der Waals surface area contributed by atoms with Crippen molar-refractivity contribution in [2.75, 3.05) is 5.75 Å². The molecule has 0 amide bonds. The summed E-state index contributed by atoms with van der Waals surface area (Å²) in [6.07, 6.45) is 0. The van der Waals surface area contributed by atoms with Crippen molar-refractivity contribution in [3.63, 3.8) is 0 Å². The summed E-state index contributed by atoms with van der Waals surface area (Å²) in [5.41, 5.74) is -2.43. The van der Waals surface area contributed by atoms with Crippen LogP contribution in [-0.2, 0) is 20.2 Å². The van der Waals surface area contributed by atoms with Crippen LogP contribution in [0.15, 0.2) is 30.3 Å². The molecular weight excluding hydrogens is 272 g/mol. The predicted octanol–water partition coefficient (Wildman–Crippen LogP) is -0.399. The van der Waals surface area contributed by atoms with Crippen LogP contribution >= 0.6 is 0 Å². The summed E-state index contributed by atoms with van der Waals surface area (Å²) >= 11 is 0. The van der Waals surface area contributed by atoms with Gasteiger partial charge in [0.2, 0.25) is 0 Å². The highest BCUT2D eigenvalue weighted by atomic mass is 32.2. The Kier molecular flexibility index (Phi) is 4.09. The maximum Gasteiger partial charge on any atom is 0.312 e. The van der Waals surface area contributed by atoms with Gasteiger partial charge in [0.05, 0.1) is 0 Å². The zero-order valence-corrected chi connectivity index (χ0v) is 10.1. The van der Waals surface area contributed by atoms with Gasteiger partial charge in [-0.2, -0.15) is 16.8 Å². The minimum absolute atomic E-state index is 0.0185. The van der Waals surface area contributed by atoms with Crippen LogP contribution in [0.5, 0.6) is 5.75 Å². The highest BCUT2D eigenvalue weighted by Crippen LogP contribution is 2.13. The molecule has 1 unspecified atom stereocenters. The molecule has 1 aromatic rings. The topological polar surface area (TPSA) is 118 Å². The van der Waals surface area contributed by atoms with Crippen molar-refractivity contribution in [3.05, 3.63) is 30.3 Å². The van der Waals surface area contributed by atoms with Crippen LogP contribution in [0.1, 0.15) is 0 Å². The molecule has 0 aliphatic rings. The highest BCUT2D eigenvalue weighted by molar-refractivity contribution is 7.90. The monoisotopic (exact) mass is 282 g/mol. The molecule has 1 aromatic carbocycles. The number of aliphatic hydroxyl groups excluding tert-OH is 1. The van der Waals surface area contributed by atoms with E-state index >= 15 is 0 Å². The molecule has 0 aliphatic carbocycles. The fourth-order valence-corrected chi connectivity index (χ4v) is 2.93. The Bertz CT molecular complexity index is 561. The lowest BCUT2D eigenvalue weighted by molar-refractivity contribution is 0.250. The van der Waals surface area contributed by atoms with E-state index in [9.17, 15) is 16.8 Å². The van der Waals surface area contributed by atoms with Gasteiger partial charge in [-0.25, -0.2) is 0 Å². The summed E-state index contributed by atoms with van der Waals surface area (Å²) in [5, 5.41) is 8.90. The van der Waals surface area contributed by atoms with Gasteiger partial charge in [-0.1, -0.05) is 18.2 Å². The molecule has 0 heterocycles. The third-order valence-electron chi connectivity index (χ3n) is 1.66. The molecule has 0 bridgehead atoms. The minimum atomic E-state index is -4.83. The van der Waals surface area contributed by atoms with Crippen molar-refractivity contribution >= 4 is 20.2 Å². The molecule has 1 atom stereocenters. The lowest BCUT2D eigenvalue weighted by Gasteiger charge is -2.09. The van der Waals surface area contributed by atoms with Crippen LogP contribution in [0, 0.1) is 0 Å². The standard InChI is InChI=1S/C8H10O7S2/c9-8(17(12,13)14)6-16(10,11)15-7-4-2-1-3-5-7/h1-5,8-9H,6H2,(H,12,13,14). The first-order valence-corrected chi connectivity index (χ1v) is 7.40. The van der Waals surface area contributed by atoms with Gasteiger partial charge in [-0.05, 0) is 12.1 Å². The maximum atomic E-state index is 11.3. The Morgan fingerprint density at radius 3 is 2.12 bits per heavy atom. The number of rotatable bonds is 5. The van der Waals surface area contributed by atoms with E-state index in [1.807, 2.05) is 0 Å². The number of hydrogen-bond donors (Lipinski definition) is 2. The van der Waals surface area contributed by atoms with E-state index in [2.05, 4.69) is 4.18 Å². The fraction of sp³-hybridized carbons (Fsp3) is 0.250. The van der Waals surface area contributed by atoms with Gasteiger partial charge in [-0.3, -0.25) is 4.55 Å².